The van der Waals surface area contributed by atoms with E-state index in [1.54, 1.807) is 37.3 Å². The van der Waals surface area contributed by atoms with Gasteiger partial charge in [-0.2, -0.15) is 0 Å². The number of ether oxygens (including phenoxy) is 2. The lowest BCUT2D eigenvalue weighted by Gasteiger charge is -2.33. The number of carbonyl (C=O) groups is 2. The van der Waals surface area contributed by atoms with Crippen LogP contribution in [0.15, 0.2) is 36.4 Å². The van der Waals surface area contributed by atoms with Crippen molar-refractivity contribution in [2.45, 2.75) is 39.8 Å². The number of anilines is 1. The van der Waals surface area contributed by atoms with Gasteiger partial charge in [0.2, 0.25) is 21.8 Å². The molecule has 1 aliphatic rings. The lowest BCUT2D eigenvalue weighted by Crippen LogP contribution is -2.52. The largest absolute Gasteiger partial charge is 0.486 e. The Morgan fingerprint density at radius 3 is 2.34 bits per heavy atom. The number of halogens is 2. The van der Waals surface area contributed by atoms with Gasteiger partial charge in [-0.3, -0.25) is 13.9 Å². The number of nitrogens with one attached hydrogen (secondary N) is 1. The van der Waals surface area contributed by atoms with Crippen molar-refractivity contribution < 1.29 is 27.5 Å². The van der Waals surface area contributed by atoms with Crippen LogP contribution in [0.1, 0.15) is 32.8 Å². The maximum absolute atomic E-state index is 13.8. The number of benzene rings is 2. The van der Waals surface area contributed by atoms with Gasteiger partial charge in [0, 0.05) is 29.2 Å². The molecule has 1 atom stereocenters. The first-order valence-electron chi connectivity index (χ1n) is 12.3. The Morgan fingerprint density at radius 2 is 1.74 bits per heavy atom. The third kappa shape index (κ3) is 7.68. The summed E-state index contributed by atoms with van der Waals surface area (Å²) in [4.78, 5) is 28.3. The molecule has 3 rings (SSSR count). The van der Waals surface area contributed by atoms with Crippen molar-refractivity contribution in [3.8, 4) is 11.5 Å². The molecule has 2 aromatic rings. The molecule has 0 bridgehead atoms. The third-order valence-corrected chi connectivity index (χ3v) is 7.65. The number of sulfonamides is 1. The molecule has 12 heteroatoms. The van der Waals surface area contributed by atoms with Crippen LogP contribution in [0.5, 0.6) is 11.5 Å². The summed E-state index contributed by atoms with van der Waals surface area (Å²) in [5, 5.41) is 3.64. The Kier molecular flexibility index (Phi) is 10.1. The van der Waals surface area contributed by atoms with Crippen molar-refractivity contribution in [2.24, 2.45) is 5.92 Å². The highest BCUT2D eigenvalue weighted by Crippen LogP contribution is 2.35. The number of amides is 2. The van der Waals surface area contributed by atoms with E-state index in [-0.39, 0.29) is 24.1 Å². The van der Waals surface area contributed by atoms with Gasteiger partial charge in [0.25, 0.3) is 0 Å². The van der Waals surface area contributed by atoms with Crippen LogP contribution in [0.4, 0.5) is 5.69 Å². The van der Waals surface area contributed by atoms with Crippen LogP contribution in [0.25, 0.3) is 0 Å². The van der Waals surface area contributed by atoms with Gasteiger partial charge in [-0.05, 0) is 42.2 Å². The Hall–Kier alpha value is -2.69. The first-order chi connectivity index (χ1) is 17.9. The molecule has 38 heavy (non-hydrogen) atoms. The van der Waals surface area contributed by atoms with Crippen LogP contribution in [-0.4, -0.2) is 63.7 Å². The third-order valence-electron chi connectivity index (χ3n) is 5.92. The maximum Gasteiger partial charge on any atom is 0.244 e. The molecule has 1 aliphatic heterocycles. The Balaban J connectivity index is 1.96. The first kappa shape index (κ1) is 29.9. The average Bonchev–Trinajstić information content (AvgIpc) is 2.86. The smallest absolute Gasteiger partial charge is 0.244 e. The van der Waals surface area contributed by atoms with Crippen molar-refractivity contribution in [1.82, 2.24) is 10.2 Å². The summed E-state index contributed by atoms with van der Waals surface area (Å²) in [6.45, 7) is 6.33. The molecular formula is C26H33Cl2N3O6S. The predicted molar refractivity (Wildman–Crippen MR) is 149 cm³/mol. The number of hydrogen-bond donors (Lipinski definition) is 1. The summed E-state index contributed by atoms with van der Waals surface area (Å²) in [5.74, 6) is 0.195. The molecule has 0 saturated heterocycles. The first-order valence-corrected chi connectivity index (χ1v) is 14.9. The monoisotopic (exact) mass is 585 g/mol. The average molecular weight is 587 g/mol. The molecule has 1 unspecified atom stereocenters. The topological polar surface area (TPSA) is 105 Å². The molecule has 9 nitrogen and oxygen atoms in total. The highest BCUT2D eigenvalue weighted by Gasteiger charge is 2.32. The van der Waals surface area contributed by atoms with Gasteiger partial charge in [-0.15, -0.1) is 0 Å². The second kappa shape index (κ2) is 12.9. The fourth-order valence-corrected chi connectivity index (χ4v) is 5.29. The zero-order chi connectivity index (χ0) is 28.0. The van der Waals surface area contributed by atoms with Gasteiger partial charge < -0.3 is 19.7 Å². The molecule has 1 heterocycles. The molecule has 0 spiro atoms. The zero-order valence-electron chi connectivity index (χ0n) is 21.9. The molecule has 0 aliphatic carbocycles. The number of rotatable bonds is 11. The van der Waals surface area contributed by atoms with Gasteiger partial charge in [-0.25, -0.2) is 8.42 Å². The Morgan fingerprint density at radius 1 is 1.05 bits per heavy atom. The van der Waals surface area contributed by atoms with Gasteiger partial charge in [0.05, 0.1) is 11.9 Å². The maximum atomic E-state index is 13.8. The predicted octanol–water partition coefficient (Wildman–Crippen LogP) is 4.11. The number of hydrogen-bond acceptors (Lipinski definition) is 6. The zero-order valence-corrected chi connectivity index (χ0v) is 24.2. The molecular weight excluding hydrogens is 553 g/mol. The summed E-state index contributed by atoms with van der Waals surface area (Å²) in [7, 11) is -3.89. The lowest BCUT2D eigenvalue weighted by molar-refractivity contribution is -0.140. The van der Waals surface area contributed by atoms with E-state index in [0.717, 1.165) is 10.6 Å². The van der Waals surface area contributed by atoms with Crippen LogP contribution in [0, 0.1) is 5.92 Å². The Labute approximate surface area is 234 Å². The van der Waals surface area contributed by atoms with Gasteiger partial charge in [0.1, 0.15) is 25.8 Å². The number of nitrogens with zero attached hydrogens (tertiary/aromatic N) is 2. The van der Waals surface area contributed by atoms with Crippen LogP contribution in [-0.2, 0) is 26.2 Å². The number of carbonyl (C=O) groups excluding carboxylic acids is 2. The van der Waals surface area contributed by atoms with E-state index in [0.29, 0.717) is 53.3 Å². The Bertz CT molecular complexity index is 1270. The lowest BCUT2D eigenvalue weighted by atomic mass is 10.1. The summed E-state index contributed by atoms with van der Waals surface area (Å²) in [5.41, 5.74) is 0.816. The minimum atomic E-state index is -3.89. The minimum absolute atomic E-state index is 0.0127. The molecule has 0 aromatic heterocycles. The molecule has 2 amide bonds. The van der Waals surface area contributed by atoms with E-state index in [1.165, 1.54) is 11.0 Å². The normalized spacial score (nSPS) is 13.7. The standard InChI is InChI=1S/C26H33Cl2N3O6S/c1-5-22(26(33)29-14-17(2)3)30(15-18-6-7-19(27)12-21(18)28)25(32)16-31(38(4,34)35)20-8-9-23-24(13-20)37-11-10-36-23/h6-9,12-13,17,22H,5,10-11,14-16H2,1-4H3,(H,29,33). The highest BCUT2D eigenvalue weighted by molar-refractivity contribution is 7.92. The van der Waals surface area contributed by atoms with E-state index < -0.39 is 28.5 Å². The second-order valence-corrected chi connectivity index (χ2v) is 12.2. The fraction of sp³-hybridized carbons (Fsp3) is 0.462. The van der Waals surface area contributed by atoms with Crippen LogP contribution < -0.4 is 19.1 Å². The summed E-state index contributed by atoms with van der Waals surface area (Å²) in [6.07, 6.45) is 1.33. The number of fused-ring (bicyclic) bond motifs is 1. The van der Waals surface area contributed by atoms with E-state index in [1.807, 2.05) is 13.8 Å². The van der Waals surface area contributed by atoms with Crippen molar-refractivity contribution in [1.29, 1.82) is 0 Å². The van der Waals surface area contributed by atoms with Crippen molar-refractivity contribution >= 4 is 50.7 Å². The van der Waals surface area contributed by atoms with E-state index in [2.05, 4.69) is 5.32 Å². The van der Waals surface area contributed by atoms with Crippen molar-refractivity contribution in [3.05, 3.63) is 52.0 Å². The van der Waals surface area contributed by atoms with Crippen LogP contribution in [0.2, 0.25) is 10.0 Å². The quantitative estimate of drug-likeness (QED) is 0.425. The van der Waals surface area contributed by atoms with Gasteiger partial charge >= 0.3 is 0 Å². The molecule has 0 saturated carbocycles. The highest BCUT2D eigenvalue weighted by atomic mass is 35.5. The van der Waals surface area contributed by atoms with E-state index in [4.69, 9.17) is 32.7 Å². The SMILES string of the molecule is CCC(C(=O)NCC(C)C)N(Cc1ccc(Cl)cc1Cl)C(=O)CN(c1ccc2c(c1)OCCO2)S(C)(=O)=O. The summed E-state index contributed by atoms with van der Waals surface area (Å²) < 4.78 is 37.8. The minimum Gasteiger partial charge on any atom is -0.486 e. The van der Waals surface area contributed by atoms with E-state index in [9.17, 15) is 18.0 Å². The molecule has 0 radical (unpaired) electrons. The molecule has 0 fully saturated rings. The van der Waals surface area contributed by atoms with Crippen molar-refractivity contribution in [2.75, 3.05) is 36.9 Å². The van der Waals surface area contributed by atoms with Gasteiger partial charge in [-0.1, -0.05) is 50.0 Å². The molecule has 208 valence electrons. The second-order valence-electron chi connectivity index (χ2n) is 9.42. The van der Waals surface area contributed by atoms with Crippen molar-refractivity contribution in [3.63, 3.8) is 0 Å². The summed E-state index contributed by atoms with van der Waals surface area (Å²) >= 11 is 12.4. The molecule has 1 N–H and O–H groups in total. The molecule has 2 aromatic carbocycles. The van der Waals surface area contributed by atoms with Crippen LogP contribution >= 0.6 is 23.2 Å². The van der Waals surface area contributed by atoms with Crippen LogP contribution in [0.3, 0.4) is 0 Å². The van der Waals surface area contributed by atoms with Gasteiger partial charge in [0.15, 0.2) is 11.5 Å². The summed E-state index contributed by atoms with van der Waals surface area (Å²) in [6, 6.07) is 8.70. The van der Waals surface area contributed by atoms with E-state index >= 15 is 0 Å². The fourth-order valence-electron chi connectivity index (χ4n) is 3.98.